The largest absolute Gasteiger partial charge is 0.497 e. The quantitative estimate of drug-likeness (QED) is 0.224. The Balaban J connectivity index is 1.44. The highest BCUT2D eigenvalue weighted by molar-refractivity contribution is 5.95. The molecule has 0 aliphatic rings. The molecule has 0 aromatic heterocycles. The van der Waals surface area contributed by atoms with E-state index in [4.69, 9.17) is 18.9 Å². The lowest BCUT2D eigenvalue weighted by Gasteiger charge is -2.09. The number of hydrogen-bond donors (Lipinski definition) is 2. The van der Waals surface area contributed by atoms with Crippen LogP contribution in [0.4, 0.5) is 0 Å². The van der Waals surface area contributed by atoms with Crippen molar-refractivity contribution in [1.82, 2.24) is 10.6 Å². The molecule has 0 saturated carbocycles. The summed E-state index contributed by atoms with van der Waals surface area (Å²) in [5.74, 6) is 2.20. The summed E-state index contributed by atoms with van der Waals surface area (Å²) in [6.45, 7) is 1.33. The van der Waals surface area contributed by atoms with Crippen molar-refractivity contribution >= 4 is 11.8 Å². The first-order valence-electron chi connectivity index (χ1n) is 13.5. The molecule has 0 saturated heterocycles. The number of benzene rings is 2. The van der Waals surface area contributed by atoms with Gasteiger partial charge in [0.15, 0.2) is 0 Å². The maximum absolute atomic E-state index is 12.4. The summed E-state index contributed by atoms with van der Waals surface area (Å²) in [7, 11) is 6.28. The molecule has 38 heavy (non-hydrogen) atoms. The van der Waals surface area contributed by atoms with E-state index in [1.807, 2.05) is 0 Å². The minimum absolute atomic E-state index is 0.109. The Kier molecular flexibility index (Phi) is 14.5. The summed E-state index contributed by atoms with van der Waals surface area (Å²) in [4.78, 5) is 24.8. The summed E-state index contributed by atoms with van der Waals surface area (Å²) in [6.07, 6.45) is 11.5. The first kappa shape index (κ1) is 30.8. The van der Waals surface area contributed by atoms with Crippen molar-refractivity contribution in [2.45, 2.75) is 64.2 Å². The van der Waals surface area contributed by atoms with E-state index in [0.717, 1.165) is 25.7 Å². The Morgan fingerprint density at radius 2 is 0.737 bits per heavy atom. The summed E-state index contributed by atoms with van der Waals surface area (Å²) >= 11 is 0. The van der Waals surface area contributed by atoms with Gasteiger partial charge in [-0.2, -0.15) is 0 Å². The second kappa shape index (κ2) is 17.9. The molecule has 0 spiro atoms. The Morgan fingerprint density at radius 3 is 1.00 bits per heavy atom. The molecule has 8 heteroatoms. The second-order valence-electron chi connectivity index (χ2n) is 9.25. The Bertz CT molecular complexity index is 871. The fourth-order valence-corrected chi connectivity index (χ4v) is 4.15. The van der Waals surface area contributed by atoms with Gasteiger partial charge in [-0.1, -0.05) is 51.4 Å². The predicted octanol–water partition coefficient (Wildman–Crippen LogP) is 5.78. The maximum atomic E-state index is 12.4. The summed E-state index contributed by atoms with van der Waals surface area (Å²) in [6, 6.07) is 10.4. The van der Waals surface area contributed by atoms with E-state index in [1.165, 1.54) is 38.5 Å². The molecule has 0 aliphatic carbocycles. The number of ether oxygens (including phenoxy) is 4. The molecule has 210 valence electrons. The molecular weight excluding hydrogens is 484 g/mol. The normalized spacial score (nSPS) is 10.5. The van der Waals surface area contributed by atoms with Crippen LogP contribution in [0.25, 0.3) is 0 Å². The van der Waals surface area contributed by atoms with Gasteiger partial charge in [0.05, 0.1) is 28.4 Å². The van der Waals surface area contributed by atoms with Crippen LogP contribution in [-0.4, -0.2) is 53.3 Å². The molecule has 0 fully saturated rings. The predicted molar refractivity (Wildman–Crippen MR) is 150 cm³/mol. The molecule has 0 radical (unpaired) electrons. The van der Waals surface area contributed by atoms with Crippen molar-refractivity contribution in [3.8, 4) is 23.0 Å². The SMILES string of the molecule is COc1cc(OC)cc(C(=O)NCCCCCCCCCCCCNC(=O)c2cc(OC)cc(OC)c2)c1. The Hall–Kier alpha value is -3.42. The van der Waals surface area contributed by atoms with Gasteiger partial charge in [0, 0.05) is 36.3 Å². The lowest BCUT2D eigenvalue weighted by atomic mass is 10.1. The van der Waals surface area contributed by atoms with Gasteiger partial charge >= 0.3 is 0 Å². The highest BCUT2D eigenvalue weighted by Crippen LogP contribution is 2.23. The van der Waals surface area contributed by atoms with Crippen LogP contribution in [0.1, 0.15) is 84.9 Å². The van der Waals surface area contributed by atoms with E-state index in [1.54, 1.807) is 64.8 Å². The molecular formula is C30H44N2O6. The minimum atomic E-state index is -0.109. The van der Waals surface area contributed by atoms with Crippen molar-refractivity contribution < 1.29 is 28.5 Å². The number of carbonyl (C=O) groups excluding carboxylic acids is 2. The zero-order chi connectivity index (χ0) is 27.6. The van der Waals surface area contributed by atoms with Crippen LogP contribution in [0.3, 0.4) is 0 Å². The third-order valence-electron chi connectivity index (χ3n) is 6.40. The summed E-state index contributed by atoms with van der Waals surface area (Å²) in [5.41, 5.74) is 1.09. The van der Waals surface area contributed by atoms with Crippen molar-refractivity contribution in [2.75, 3.05) is 41.5 Å². The van der Waals surface area contributed by atoms with Crippen LogP contribution in [0.2, 0.25) is 0 Å². The van der Waals surface area contributed by atoms with Gasteiger partial charge < -0.3 is 29.6 Å². The topological polar surface area (TPSA) is 95.1 Å². The number of rotatable bonds is 19. The van der Waals surface area contributed by atoms with Crippen LogP contribution < -0.4 is 29.6 Å². The van der Waals surface area contributed by atoms with E-state index >= 15 is 0 Å². The molecule has 0 atom stereocenters. The molecule has 2 amide bonds. The molecule has 2 aromatic rings. The highest BCUT2D eigenvalue weighted by atomic mass is 16.5. The van der Waals surface area contributed by atoms with E-state index in [2.05, 4.69) is 10.6 Å². The first-order chi connectivity index (χ1) is 18.5. The van der Waals surface area contributed by atoms with Gasteiger partial charge in [-0.05, 0) is 37.1 Å². The Labute approximate surface area is 227 Å². The van der Waals surface area contributed by atoms with Gasteiger partial charge in [0.1, 0.15) is 23.0 Å². The van der Waals surface area contributed by atoms with Gasteiger partial charge in [-0.15, -0.1) is 0 Å². The Morgan fingerprint density at radius 1 is 0.474 bits per heavy atom. The van der Waals surface area contributed by atoms with E-state index < -0.39 is 0 Å². The number of nitrogens with one attached hydrogen (secondary N) is 2. The van der Waals surface area contributed by atoms with Crippen LogP contribution in [0, 0.1) is 0 Å². The average Bonchev–Trinajstić information content (AvgIpc) is 2.96. The molecule has 2 aromatic carbocycles. The molecule has 2 rings (SSSR count). The fourth-order valence-electron chi connectivity index (χ4n) is 4.15. The highest BCUT2D eigenvalue weighted by Gasteiger charge is 2.10. The molecule has 0 heterocycles. The standard InChI is InChI=1S/C30H44N2O6/c1-35-25-17-23(18-26(21-25)36-2)29(33)31-15-13-11-9-7-5-6-8-10-12-14-16-32-30(34)24-19-27(37-3)22-28(20-24)38-4/h17-22H,5-16H2,1-4H3,(H,31,33)(H,32,34). The third kappa shape index (κ3) is 11.3. The first-order valence-corrected chi connectivity index (χ1v) is 13.5. The van der Waals surface area contributed by atoms with Crippen LogP contribution in [0.15, 0.2) is 36.4 Å². The minimum Gasteiger partial charge on any atom is -0.497 e. The van der Waals surface area contributed by atoms with Crippen molar-refractivity contribution in [3.05, 3.63) is 47.5 Å². The average molecular weight is 529 g/mol. The zero-order valence-corrected chi connectivity index (χ0v) is 23.4. The molecule has 0 aliphatic heterocycles. The van der Waals surface area contributed by atoms with Crippen LogP contribution in [-0.2, 0) is 0 Å². The molecule has 2 N–H and O–H groups in total. The monoisotopic (exact) mass is 528 g/mol. The van der Waals surface area contributed by atoms with Crippen molar-refractivity contribution in [2.24, 2.45) is 0 Å². The number of hydrogen-bond acceptors (Lipinski definition) is 6. The van der Waals surface area contributed by atoms with Gasteiger partial charge in [-0.3, -0.25) is 9.59 Å². The third-order valence-corrected chi connectivity index (χ3v) is 6.40. The van der Waals surface area contributed by atoms with Crippen LogP contribution >= 0.6 is 0 Å². The maximum Gasteiger partial charge on any atom is 0.251 e. The zero-order valence-electron chi connectivity index (χ0n) is 23.4. The number of unbranched alkanes of at least 4 members (excludes halogenated alkanes) is 9. The van der Waals surface area contributed by atoms with Gasteiger partial charge in [0.2, 0.25) is 0 Å². The van der Waals surface area contributed by atoms with E-state index in [-0.39, 0.29) is 11.8 Å². The summed E-state index contributed by atoms with van der Waals surface area (Å²) < 4.78 is 20.9. The van der Waals surface area contributed by atoms with Crippen molar-refractivity contribution in [3.63, 3.8) is 0 Å². The lowest BCUT2D eigenvalue weighted by molar-refractivity contribution is 0.0944. The lowest BCUT2D eigenvalue weighted by Crippen LogP contribution is -2.24. The van der Waals surface area contributed by atoms with Gasteiger partial charge in [0.25, 0.3) is 11.8 Å². The molecule has 0 unspecified atom stereocenters. The number of amides is 2. The molecule has 0 bridgehead atoms. The van der Waals surface area contributed by atoms with Crippen LogP contribution in [0.5, 0.6) is 23.0 Å². The second-order valence-corrected chi connectivity index (χ2v) is 9.25. The fraction of sp³-hybridized carbons (Fsp3) is 0.533. The van der Waals surface area contributed by atoms with E-state index in [0.29, 0.717) is 47.2 Å². The number of carbonyl (C=O) groups is 2. The van der Waals surface area contributed by atoms with Crippen molar-refractivity contribution in [1.29, 1.82) is 0 Å². The number of methoxy groups -OCH3 is 4. The molecule has 8 nitrogen and oxygen atoms in total. The van der Waals surface area contributed by atoms with Gasteiger partial charge in [-0.25, -0.2) is 0 Å². The smallest absolute Gasteiger partial charge is 0.251 e. The van der Waals surface area contributed by atoms with E-state index in [9.17, 15) is 9.59 Å². The summed E-state index contributed by atoms with van der Waals surface area (Å²) in [5, 5.41) is 5.95.